The predicted molar refractivity (Wildman–Crippen MR) is 76.3 cm³/mol. The highest BCUT2D eigenvalue weighted by atomic mass is 35.5. The molecule has 0 spiro atoms. The van der Waals surface area contributed by atoms with Crippen molar-refractivity contribution in [2.24, 2.45) is 5.41 Å². The van der Waals surface area contributed by atoms with E-state index in [1.165, 1.54) is 0 Å². The van der Waals surface area contributed by atoms with Gasteiger partial charge in [-0.15, -0.1) is 0 Å². The van der Waals surface area contributed by atoms with Crippen LogP contribution >= 0.6 is 11.6 Å². The molecular formula is C14H19ClN2O2. The Kier molecular flexibility index (Phi) is 3.74. The highest BCUT2D eigenvalue weighted by Crippen LogP contribution is 2.42. The van der Waals surface area contributed by atoms with Gasteiger partial charge in [0.15, 0.2) is 0 Å². The molecule has 1 aliphatic rings. The molecule has 1 fully saturated rings. The number of nitrogens with one attached hydrogen (secondary N) is 1. The Balaban J connectivity index is 2.09. The van der Waals surface area contributed by atoms with Crippen LogP contribution in [0, 0.1) is 5.41 Å². The summed E-state index contributed by atoms with van der Waals surface area (Å²) in [6.07, 6.45) is 0.990. The molecule has 19 heavy (non-hydrogen) atoms. The normalized spacial score (nSPS) is 24.6. The van der Waals surface area contributed by atoms with Gasteiger partial charge in [-0.25, -0.2) is 0 Å². The minimum Gasteiger partial charge on any atom is -0.398 e. The number of benzene rings is 1. The smallest absolute Gasteiger partial charge is 0.253 e. The predicted octanol–water partition coefficient (Wildman–Crippen LogP) is 2.47. The maximum Gasteiger partial charge on any atom is 0.253 e. The number of hydrogen-bond donors (Lipinski definition) is 2. The van der Waals surface area contributed by atoms with Crippen LogP contribution in [0.5, 0.6) is 0 Å². The number of amides is 1. The molecule has 2 rings (SSSR count). The lowest BCUT2D eigenvalue weighted by Gasteiger charge is -2.51. The van der Waals surface area contributed by atoms with E-state index in [2.05, 4.69) is 19.2 Å². The van der Waals surface area contributed by atoms with Crippen molar-refractivity contribution in [3.63, 3.8) is 0 Å². The lowest BCUT2D eigenvalue weighted by molar-refractivity contribution is -0.0942. The fraction of sp³-hybridized carbons (Fsp3) is 0.500. The molecule has 2 unspecified atom stereocenters. The molecule has 1 aromatic carbocycles. The molecule has 0 aromatic heterocycles. The van der Waals surface area contributed by atoms with Crippen molar-refractivity contribution in [3.8, 4) is 0 Å². The summed E-state index contributed by atoms with van der Waals surface area (Å²) < 4.78 is 5.36. The van der Waals surface area contributed by atoms with Gasteiger partial charge in [-0.2, -0.15) is 0 Å². The molecule has 0 saturated heterocycles. The Morgan fingerprint density at radius 1 is 1.53 bits per heavy atom. The molecule has 1 saturated carbocycles. The standard InChI is InChI=1S/C14H19ClN2O2/c1-14(2)10(7-11(14)19-3)17-13(18)8-5-4-6-9(16)12(8)15/h4-6,10-11H,7,16H2,1-3H3,(H,17,18). The summed E-state index contributed by atoms with van der Waals surface area (Å²) in [6, 6.07) is 5.16. The third kappa shape index (κ3) is 2.42. The number of methoxy groups -OCH3 is 1. The van der Waals surface area contributed by atoms with Gasteiger partial charge in [0.2, 0.25) is 0 Å². The lowest BCUT2D eigenvalue weighted by Crippen LogP contribution is -2.61. The second-order valence-electron chi connectivity index (χ2n) is 5.52. The van der Waals surface area contributed by atoms with Gasteiger partial charge in [0.05, 0.1) is 22.4 Å². The molecule has 0 heterocycles. The number of carbonyl (C=O) groups is 1. The SMILES string of the molecule is COC1CC(NC(=O)c2cccc(N)c2Cl)C1(C)C. The van der Waals surface area contributed by atoms with Crippen LogP contribution in [0.2, 0.25) is 5.02 Å². The molecular weight excluding hydrogens is 264 g/mol. The van der Waals surface area contributed by atoms with Crippen LogP contribution in [0.15, 0.2) is 18.2 Å². The minimum atomic E-state index is -0.190. The van der Waals surface area contributed by atoms with Gasteiger partial charge in [-0.1, -0.05) is 31.5 Å². The van der Waals surface area contributed by atoms with Crippen LogP contribution in [0.25, 0.3) is 0 Å². The van der Waals surface area contributed by atoms with Crippen LogP contribution in [-0.4, -0.2) is 25.2 Å². The topological polar surface area (TPSA) is 64.3 Å². The van der Waals surface area contributed by atoms with Crippen molar-refractivity contribution >= 4 is 23.2 Å². The van der Waals surface area contributed by atoms with Crippen LogP contribution < -0.4 is 11.1 Å². The van der Waals surface area contributed by atoms with E-state index in [4.69, 9.17) is 22.1 Å². The number of anilines is 1. The van der Waals surface area contributed by atoms with Gasteiger partial charge in [-0.3, -0.25) is 4.79 Å². The van der Waals surface area contributed by atoms with Gasteiger partial charge >= 0.3 is 0 Å². The zero-order valence-corrected chi connectivity index (χ0v) is 12.1. The van der Waals surface area contributed by atoms with E-state index < -0.39 is 0 Å². The second-order valence-corrected chi connectivity index (χ2v) is 5.89. The van der Waals surface area contributed by atoms with Crippen molar-refractivity contribution in [3.05, 3.63) is 28.8 Å². The molecule has 1 amide bonds. The quantitative estimate of drug-likeness (QED) is 0.837. The number of rotatable bonds is 3. The van der Waals surface area contributed by atoms with E-state index in [1.807, 2.05) is 0 Å². The van der Waals surface area contributed by atoms with E-state index >= 15 is 0 Å². The van der Waals surface area contributed by atoms with Crippen molar-refractivity contribution in [1.82, 2.24) is 5.32 Å². The number of nitrogens with two attached hydrogens (primary N) is 1. The van der Waals surface area contributed by atoms with Crippen LogP contribution in [0.4, 0.5) is 5.69 Å². The Bertz CT molecular complexity index is 502. The third-order valence-corrected chi connectivity index (χ3v) is 4.46. The monoisotopic (exact) mass is 282 g/mol. The molecule has 0 aliphatic heterocycles. The summed E-state index contributed by atoms with van der Waals surface area (Å²) in [5, 5.41) is 3.30. The minimum absolute atomic E-state index is 0.0722. The summed E-state index contributed by atoms with van der Waals surface area (Å²) in [6.45, 7) is 4.16. The van der Waals surface area contributed by atoms with Crippen molar-refractivity contribution in [2.45, 2.75) is 32.4 Å². The summed E-state index contributed by atoms with van der Waals surface area (Å²) in [7, 11) is 1.69. The lowest BCUT2D eigenvalue weighted by atomic mass is 9.64. The van der Waals surface area contributed by atoms with Gasteiger partial charge in [-0.05, 0) is 18.6 Å². The summed E-state index contributed by atoms with van der Waals surface area (Å²) in [5.41, 5.74) is 6.46. The van der Waals surface area contributed by atoms with E-state index in [0.717, 1.165) is 6.42 Å². The fourth-order valence-corrected chi connectivity index (χ4v) is 2.70. The molecule has 4 nitrogen and oxygen atoms in total. The highest BCUT2D eigenvalue weighted by molar-refractivity contribution is 6.36. The van der Waals surface area contributed by atoms with Crippen LogP contribution in [0.1, 0.15) is 30.6 Å². The first kappa shape index (κ1) is 14.2. The molecule has 104 valence electrons. The number of halogens is 1. The Morgan fingerprint density at radius 2 is 2.21 bits per heavy atom. The van der Waals surface area contributed by atoms with Crippen LogP contribution in [0.3, 0.4) is 0 Å². The molecule has 0 radical (unpaired) electrons. The van der Waals surface area contributed by atoms with Crippen LogP contribution in [-0.2, 0) is 4.74 Å². The average Bonchev–Trinajstić information content (AvgIpc) is 2.37. The number of ether oxygens (including phenoxy) is 1. The van der Waals surface area contributed by atoms with E-state index in [0.29, 0.717) is 16.3 Å². The average molecular weight is 283 g/mol. The molecule has 0 bridgehead atoms. The van der Waals surface area contributed by atoms with Crippen molar-refractivity contribution < 1.29 is 9.53 Å². The fourth-order valence-electron chi connectivity index (χ4n) is 2.49. The first-order chi connectivity index (χ1) is 8.87. The molecule has 1 aromatic rings. The number of hydrogen-bond acceptors (Lipinski definition) is 3. The zero-order chi connectivity index (χ0) is 14.2. The number of carbonyl (C=O) groups excluding carboxylic acids is 1. The zero-order valence-electron chi connectivity index (χ0n) is 11.4. The van der Waals surface area contributed by atoms with Gasteiger partial charge in [0, 0.05) is 18.6 Å². The van der Waals surface area contributed by atoms with Crippen molar-refractivity contribution in [2.75, 3.05) is 12.8 Å². The first-order valence-electron chi connectivity index (χ1n) is 6.25. The Labute approximate surface area is 118 Å². The van der Waals surface area contributed by atoms with Gasteiger partial charge < -0.3 is 15.8 Å². The molecule has 5 heteroatoms. The maximum absolute atomic E-state index is 12.2. The summed E-state index contributed by atoms with van der Waals surface area (Å²) in [4.78, 5) is 12.2. The molecule has 2 atom stereocenters. The van der Waals surface area contributed by atoms with Crippen molar-refractivity contribution in [1.29, 1.82) is 0 Å². The van der Waals surface area contributed by atoms with E-state index in [1.54, 1.807) is 25.3 Å². The third-order valence-electron chi connectivity index (χ3n) is 4.04. The molecule has 1 aliphatic carbocycles. The van der Waals surface area contributed by atoms with Gasteiger partial charge in [0.1, 0.15) is 0 Å². The first-order valence-corrected chi connectivity index (χ1v) is 6.63. The Morgan fingerprint density at radius 3 is 2.79 bits per heavy atom. The largest absolute Gasteiger partial charge is 0.398 e. The molecule has 3 N–H and O–H groups in total. The van der Waals surface area contributed by atoms with E-state index in [9.17, 15) is 4.79 Å². The second kappa shape index (κ2) is 5.02. The van der Waals surface area contributed by atoms with E-state index in [-0.39, 0.29) is 23.5 Å². The highest BCUT2D eigenvalue weighted by Gasteiger charge is 2.49. The Hall–Kier alpha value is -1.26. The summed E-state index contributed by atoms with van der Waals surface area (Å²) >= 11 is 6.05. The summed E-state index contributed by atoms with van der Waals surface area (Å²) in [5.74, 6) is -0.190. The van der Waals surface area contributed by atoms with Gasteiger partial charge in [0.25, 0.3) is 5.91 Å². The maximum atomic E-state index is 12.2. The number of nitrogen functional groups attached to an aromatic ring is 1.